The lowest BCUT2D eigenvalue weighted by atomic mass is 10.2. The van der Waals surface area contributed by atoms with Crippen molar-refractivity contribution in [2.75, 3.05) is 11.3 Å². The van der Waals surface area contributed by atoms with E-state index < -0.39 is 20.6 Å². The van der Waals surface area contributed by atoms with Crippen molar-refractivity contribution in [1.29, 1.82) is 0 Å². The van der Waals surface area contributed by atoms with Crippen LogP contribution in [0.1, 0.15) is 32.8 Å². The van der Waals surface area contributed by atoms with Crippen molar-refractivity contribution in [3.05, 3.63) is 29.6 Å². The smallest absolute Gasteiger partial charge is 0.237 e. The highest BCUT2D eigenvalue weighted by Gasteiger charge is 2.28. The van der Waals surface area contributed by atoms with Crippen molar-refractivity contribution in [2.45, 2.75) is 31.9 Å². The first-order chi connectivity index (χ1) is 9.17. The number of hydrogen-bond donors (Lipinski definition) is 2. The second kappa shape index (κ2) is 6.25. The standard InChI is InChI=1S/C14H18FNO3S/c1-14(2,3)20(18,19)16-12-8-7-11(13(15)10-12)6-4-5-9-17/h7-8,10,16-17H,5,9H2,1-3H3. The first-order valence-electron chi connectivity index (χ1n) is 6.09. The molecule has 0 aliphatic rings. The average Bonchev–Trinajstić information content (AvgIpc) is 2.30. The molecule has 0 heterocycles. The van der Waals surface area contributed by atoms with Crippen molar-refractivity contribution in [2.24, 2.45) is 0 Å². The van der Waals surface area contributed by atoms with Crippen LogP contribution in [0.5, 0.6) is 0 Å². The van der Waals surface area contributed by atoms with Crippen LogP contribution in [0.25, 0.3) is 0 Å². The highest BCUT2D eigenvalue weighted by atomic mass is 32.2. The van der Waals surface area contributed by atoms with E-state index in [9.17, 15) is 12.8 Å². The highest BCUT2D eigenvalue weighted by Crippen LogP contribution is 2.21. The van der Waals surface area contributed by atoms with Gasteiger partial charge in [0.15, 0.2) is 0 Å². The van der Waals surface area contributed by atoms with Gasteiger partial charge in [0, 0.05) is 6.42 Å². The third kappa shape index (κ3) is 4.22. The predicted molar refractivity (Wildman–Crippen MR) is 77.3 cm³/mol. The Bertz CT molecular complexity index is 637. The average molecular weight is 299 g/mol. The third-order valence-electron chi connectivity index (χ3n) is 2.49. The SMILES string of the molecule is CC(C)(C)S(=O)(=O)Nc1ccc(C#CCCO)c(F)c1. The number of benzene rings is 1. The van der Waals surface area contributed by atoms with Crippen LogP contribution in [0.3, 0.4) is 0 Å². The van der Waals surface area contributed by atoms with Gasteiger partial charge < -0.3 is 5.11 Å². The van der Waals surface area contributed by atoms with Gasteiger partial charge in [0.1, 0.15) is 5.82 Å². The number of aliphatic hydroxyl groups excluding tert-OH is 1. The van der Waals surface area contributed by atoms with Gasteiger partial charge in [-0.2, -0.15) is 0 Å². The van der Waals surface area contributed by atoms with Gasteiger partial charge >= 0.3 is 0 Å². The summed E-state index contributed by atoms with van der Waals surface area (Å²) in [4.78, 5) is 0. The molecule has 2 N–H and O–H groups in total. The quantitative estimate of drug-likeness (QED) is 0.840. The Balaban J connectivity index is 2.98. The van der Waals surface area contributed by atoms with Gasteiger partial charge in [-0.05, 0) is 39.0 Å². The Morgan fingerprint density at radius 1 is 1.35 bits per heavy atom. The van der Waals surface area contributed by atoms with Crippen LogP contribution < -0.4 is 4.72 Å². The number of halogens is 1. The van der Waals surface area contributed by atoms with Crippen molar-refractivity contribution in [1.82, 2.24) is 0 Å². The molecule has 6 heteroatoms. The normalized spacial score (nSPS) is 11.7. The van der Waals surface area contributed by atoms with Crippen molar-refractivity contribution in [3.8, 4) is 11.8 Å². The maximum atomic E-state index is 13.7. The highest BCUT2D eigenvalue weighted by molar-refractivity contribution is 7.94. The fourth-order valence-electron chi connectivity index (χ4n) is 1.20. The van der Waals surface area contributed by atoms with Gasteiger partial charge in [0.2, 0.25) is 10.0 Å². The molecule has 0 unspecified atom stereocenters. The summed E-state index contributed by atoms with van der Waals surface area (Å²) in [6.07, 6.45) is 0.262. The second-order valence-corrected chi connectivity index (χ2v) is 7.62. The molecule has 4 nitrogen and oxygen atoms in total. The van der Waals surface area contributed by atoms with Crippen molar-refractivity contribution >= 4 is 15.7 Å². The van der Waals surface area contributed by atoms with Crippen LogP contribution in [0.2, 0.25) is 0 Å². The Labute approximate surface area is 119 Å². The zero-order valence-corrected chi connectivity index (χ0v) is 12.5. The van der Waals surface area contributed by atoms with Gasteiger partial charge in [-0.25, -0.2) is 12.8 Å². The summed E-state index contributed by atoms with van der Waals surface area (Å²) < 4.78 is 39.0. The molecular formula is C14H18FNO3S. The molecule has 0 atom stereocenters. The van der Waals surface area contributed by atoms with Crippen LogP contribution >= 0.6 is 0 Å². The first-order valence-corrected chi connectivity index (χ1v) is 7.57. The largest absolute Gasteiger partial charge is 0.395 e. The number of anilines is 1. The van der Waals surface area contributed by atoms with Crippen LogP contribution in [0.4, 0.5) is 10.1 Å². The van der Waals surface area contributed by atoms with Crippen LogP contribution in [0, 0.1) is 17.7 Å². The summed E-state index contributed by atoms with van der Waals surface area (Å²) >= 11 is 0. The molecule has 20 heavy (non-hydrogen) atoms. The van der Waals surface area contributed by atoms with E-state index in [4.69, 9.17) is 5.11 Å². The molecule has 110 valence electrons. The summed E-state index contributed by atoms with van der Waals surface area (Å²) in [5.41, 5.74) is 0.322. The zero-order chi connectivity index (χ0) is 15.4. The van der Waals surface area contributed by atoms with E-state index in [-0.39, 0.29) is 24.3 Å². The van der Waals surface area contributed by atoms with Gasteiger partial charge in [0.05, 0.1) is 22.6 Å². The number of nitrogens with one attached hydrogen (secondary N) is 1. The van der Waals surface area contributed by atoms with Gasteiger partial charge in [-0.15, -0.1) is 0 Å². The molecule has 0 aliphatic heterocycles. The molecule has 0 fully saturated rings. The summed E-state index contributed by atoms with van der Waals surface area (Å²) in [7, 11) is -3.59. The Morgan fingerprint density at radius 3 is 2.50 bits per heavy atom. The molecule has 0 saturated heterocycles. The monoisotopic (exact) mass is 299 g/mol. The number of rotatable bonds is 3. The molecule has 1 aromatic carbocycles. The minimum Gasteiger partial charge on any atom is -0.395 e. The molecule has 0 saturated carbocycles. The lowest BCUT2D eigenvalue weighted by Gasteiger charge is -2.20. The summed E-state index contributed by atoms with van der Waals surface area (Å²) in [6.45, 7) is 4.58. The molecule has 1 aromatic rings. The summed E-state index contributed by atoms with van der Waals surface area (Å²) in [5.74, 6) is 4.57. The van der Waals surface area contributed by atoms with Gasteiger partial charge in [-0.1, -0.05) is 11.8 Å². The number of aliphatic hydroxyl groups is 1. The first kappa shape index (κ1) is 16.5. The molecule has 0 spiro atoms. The van der Waals surface area contributed by atoms with E-state index in [2.05, 4.69) is 16.6 Å². The molecule has 0 radical (unpaired) electrons. The fraction of sp³-hybridized carbons (Fsp3) is 0.429. The third-order valence-corrected chi connectivity index (χ3v) is 4.60. The van der Waals surface area contributed by atoms with Crippen molar-refractivity contribution in [3.63, 3.8) is 0 Å². The molecule has 0 aromatic heterocycles. The van der Waals surface area contributed by atoms with E-state index >= 15 is 0 Å². The maximum absolute atomic E-state index is 13.7. The molecular weight excluding hydrogens is 281 g/mol. The van der Waals surface area contributed by atoms with E-state index in [1.807, 2.05) is 0 Å². The minimum absolute atomic E-state index is 0.0852. The summed E-state index contributed by atoms with van der Waals surface area (Å²) in [6, 6.07) is 3.95. The van der Waals surface area contributed by atoms with Gasteiger partial charge in [-0.3, -0.25) is 4.72 Å². The van der Waals surface area contributed by atoms with Gasteiger partial charge in [0.25, 0.3) is 0 Å². The number of hydrogen-bond acceptors (Lipinski definition) is 3. The fourth-order valence-corrected chi connectivity index (χ4v) is 1.95. The van der Waals surface area contributed by atoms with Crippen LogP contribution in [0.15, 0.2) is 18.2 Å². The molecule has 0 amide bonds. The lowest BCUT2D eigenvalue weighted by molar-refractivity contribution is 0.305. The number of sulfonamides is 1. The van der Waals surface area contributed by atoms with Crippen molar-refractivity contribution < 1.29 is 17.9 Å². The Morgan fingerprint density at radius 2 is 2.00 bits per heavy atom. The van der Waals surface area contributed by atoms with E-state index in [0.717, 1.165) is 6.07 Å². The summed E-state index contributed by atoms with van der Waals surface area (Å²) in [5, 5.41) is 8.59. The van der Waals surface area contributed by atoms with E-state index in [1.165, 1.54) is 12.1 Å². The molecule has 1 rings (SSSR count). The Hall–Kier alpha value is -1.58. The lowest BCUT2D eigenvalue weighted by Crippen LogP contribution is -2.33. The Kier molecular flexibility index (Phi) is 5.15. The molecule has 0 aliphatic carbocycles. The maximum Gasteiger partial charge on any atom is 0.237 e. The van der Waals surface area contributed by atoms with Crippen LogP contribution in [-0.4, -0.2) is 24.9 Å². The second-order valence-electron chi connectivity index (χ2n) is 5.19. The zero-order valence-electron chi connectivity index (χ0n) is 11.7. The molecule has 0 bridgehead atoms. The minimum atomic E-state index is -3.59. The topological polar surface area (TPSA) is 66.4 Å². The predicted octanol–water partition coefficient (Wildman–Crippen LogP) is 2.10. The van der Waals surface area contributed by atoms with Crippen LogP contribution in [-0.2, 0) is 10.0 Å². The van der Waals surface area contributed by atoms with E-state index in [1.54, 1.807) is 20.8 Å². The van der Waals surface area contributed by atoms with E-state index in [0.29, 0.717) is 0 Å².